The first-order valence-electron chi connectivity index (χ1n) is 11.1. The molecule has 4 rings (SSSR count). The van der Waals surface area contributed by atoms with Gasteiger partial charge in [0.1, 0.15) is 5.69 Å². The molecule has 2 amide bonds. The van der Waals surface area contributed by atoms with Gasteiger partial charge in [-0.1, -0.05) is 35.3 Å². The van der Waals surface area contributed by atoms with Crippen LogP contribution in [-0.4, -0.2) is 65.8 Å². The molecule has 0 unspecified atom stereocenters. The van der Waals surface area contributed by atoms with E-state index in [1.807, 2.05) is 18.2 Å². The zero-order chi connectivity index (χ0) is 25.1. The van der Waals surface area contributed by atoms with Gasteiger partial charge in [-0.2, -0.15) is 5.10 Å². The maximum absolute atomic E-state index is 13.1. The number of hydrogen-bond donors (Lipinski definition) is 0. The summed E-state index contributed by atoms with van der Waals surface area (Å²) < 4.78 is 12.2. The van der Waals surface area contributed by atoms with Crippen molar-refractivity contribution in [3.63, 3.8) is 0 Å². The number of rotatable bonds is 8. The summed E-state index contributed by atoms with van der Waals surface area (Å²) in [6.45, 7) is 1.68. The first kappa shape index (κ1) is 24.9. The van der Waals surface area contributed by atoms with E-state index in [9.17, 15) is 9.59 Å². The second kappa shape index (κ2) is 10.6. The Hall–Kier alpha value is -3.23. The molecule has 0 saturated heterocycles. The molecule has 1 aliphatic rings. The van der Waals surface area contributed by atoms with Crippen LogP contribution in [0, 0.1) is 0 Å². The highest BCUT2D eigenvalue weighted by Gasteiger charge is 2.29. The van der Waals surface area contributed by atoms with E-state index in [0.29, 0.717) is 58.9 Å². The quantitative estimate of drug-likeness (QED) is 0.448. The third kappa shape index (κ3) is 5.23. The summed E-state index contributed by atoms with van der Waals surface area (Å²) in [6.07, 6.45) is 0.626. The van der Waals surface area contributed by atoms with Gasteiger partial charge in [0.25, 0.3) is 11.8 Å². The molecule has 0 bridgehead atoms. The number of nitrogens with zero attached hydrogens (tertiary/aromatic N) is 4. The number of carbonyl (C=O) groups is 2. The van der Waals surface area contributed by atoms with Gasteiger partial charge in [0, 0.05) is 48.4 Å². The number of benzene rings is 2. The minimum Gasteiger partial charge on any atom is -0.493 e. The monoisotopic (exact) mass is 516 g/mol. The average Bonchev–Trinajstić information content (AvgIpc) is 3.30. The summed E-state index contributed by atoms with van der Waals surface area (Å²) >= 11 is 12.6. The van der Waals surface area contributed by atoms with Crippen LogP contribution in [0.15, 0.2) is 42.5 Å². The molecule has 0 atom stereocenters. The van der Waals surface area contributed by atoms with E-state index in [-0.39, 0.29) is 24.1 Å². The van der Waals surface area contributed by atoms with Gasteiger partial charge in [0.05, 0.1) is 20.8 Å². The molecule has 2 aromatic carbocycles. The molecule has 0 spiro atoms. The Bertz CT molecular complexity index is 1240. The predicted molar refractivity (Wildman–Crippen MR) is 134 cm³/mol. The van der Waals surface area contributed by atoms with Crippen LogP contribution in [-0.2, 0) is 19.5 Å². The highest BCUT2D eigenvalue weighted by atomic mass is 35.5. The molecule has 1 aliphatic heterocycles. The Morgan fingerprint density at radius 3 is 2.46 bits per heavy atom. The van der Waals surface area contributed by atoms with Crippen molar-refractivity contribution in [2.45, 2.75) is 19.5 Å². The maximum atomic E-state index is 13.1. The first-order chi connectivity index (χ1) is 16.8. The van der Waals surface area contributed by atoms with Gasteiger partial charge in [0.15, 0.2) is 17.2 Å². The van der Waals surface area contributed by atoms with Crippen LogP contribution in [0.25, 0.3) is 0 Å². The van der Waals surface area contributed by atoms with Crippen LogP contribution in [0.1, 0.15) is 32.1 Å². The van der Waals surface area contributed by atoms with Crippen molar-refractivity contribution in [1.29, 1.82) is 0 Å². The topological polar surface area (TPSA) is 76.9 Å². The number of carbonyl (C=O) groups excluding carboxylic acids is 2. The van der Waals surface area contributed by atoms with Crippen molar-refractivity contribution in [3.8, 4) is 11.5 Å². The van der Waals surface area contributed by atoms with Crippen molar-refractivity contribution >= 4 is 35.0 Å². The van der Waals surface area contributed by atoms with Gasteiger partial charge in [-0.15, -0.1) is 0 Å². The predicted octanol–water partition coefficient (Wildman–Crippen LogP) is 4.18. The summed E-state index contributed by atoms with van der Waals surface area (Å²) in [4.78, 5) is 29.4. The molecule has 0 radical (unpaired) electrons. The number of methoxy groups -OCH3 is 2. The van der Waals surface area contributed by atoms with Crippen LogP contribution >= 0.6 is 23.2 Å². The fourth-order valence-corrected chi connectivity index (χ4v) is 4.51. The lowest BCUT2D eigenvalue weighted by Crippen LogP contribution is -2.39. The molecule has 35 heavy (non-hydrogen) atoms. The number of hydrogen-bond acceptors (Lipinski definition) is 5. The van der Waals surface area contributed by atoms with Gasteiger partial charge < -0.3 is 19.3 Å². The van der Waals surface area contributed by atoms with Crippen molar-refractivity contribution in [3.05, 3.63) is 75.0 Å². The van der Waals surface area contributed by atoms with Crippen LogP contribution in [0.5, 0.6) is 11.5 Å². The number of halogens is 2. The van der Waals surface area contributed by atoms with Crippen molar-refractivity contribution in [2.24, 2.45) is 0 Å². The summed E-state index contributed by atoms with van der Waals surface area (Å²) in [7, 11) is 4.89. The van der Waals surface area contributed by atoms with E-state index in [1.165, 1.54) is 0 Å². The van der Waals surface area contributed by atoms with E-state index >= 15 is 0 Å². The molecule has 0 fully saturated rings. The maximum Gasteiger partial charge on any atom is 0.274 e. The van der Waals surface area contributed by atoms with Gasteiger partial charge >= 0.3 is 0 Å². The van der Waals surface area contributed by atoms with Gasteiger partial charge in [-0.3, -0.25) is 14.3 Å². The Kier molecular flexibility index (Phi) is 7.52. The highest BCUT2D eigenvalue weighted by molar-refractivity contribution is 6.36. The molecule has 0 aliphatic carbocycles. The van der Waals surface area contributed by atoms with Gasteiger partial charge in [0.2, 0.25) is 0 Å². The number of amides is 2. The van der Waals surface area contributed by atoms with Crippen LogP contribution in [0.4, 0.5) is 0 Å². The van der Waals surface area contributed by atoms with Crippen LogP contribution in [0.2, 0.25) is 10.0 Å². The van der Waals surface area contributed by atoms with E-state index in [2.05, 4.69) is 5.10 Å². The number of likely N-dealkylation sites (N-methyl/N-ethyl adjacent to an activating group) is 1. The van der Waals surface area contributed by atoms with Crippen LogP contribution in [0.3, 0.4) is 0 Å². The van der Waals surface area contributed by atoms with Crippen molar-refractivity contribution < 1.29 is 19.1 Å². The molecule has 8 nitrogen and oxygen atoms in total. The Morgan fingerprint density at radius 1 is 1.06 bits per heavy atom. The smallest absolute Gasteiger partial charge is 0.274 e. The molecule has 2 heterocycles. The molecule has 0 saturated carbocycles. The minimum atomic E-state index is -0.249. The summed E-state index contributed by atoms with van der Waals surface area (Å²) in [5, 5.41) is 5.41. The van der Waals surface area contributed by atoms with Gasteiger partial charge in [-0.05, 0) is 36.2 Å². The first-order valence-corrected chi connectivity index (χ1v) is 11.8. The molecule has 184 valence electrons. The number of ether oxygens (including phenoxy) is 2. The van der Waals surface area contributed by atoms with Crippen molar-refractivity contribution in [1.82, 2.24) is 19.6 Å². The summed E-state index contributed by atoms with van der Waals surface area (Å²) in [5.74, 6) is 0.828. The van der Waals surface area contributed by atoms with Gasteiger partial charge in [-0.25, -0.2) is 0 Å². The fraction of sp³-hybridized carbons (Fsp3) is 0.320. The molecular formula is C25H26Cl2N4O4. The lowest BCUT2D eigenvalue weighted by atomic mass is 10.1. The Morgan fingerprint density at radius 2 is 1.77 bits per heavy atom. The molecule has 1 aromatic heterocycles. The largest absolute Gasteiger partial charge is 0.493 e. The molecule has 3 aromatic rings. The summed E-state index contributed by atoms with van der Waals surface area (Å²) in [6, 6.07) is 12.5. The fourth-order valence-electron chi connectivity index (χ4n) is 4.00. The highest BCUT2D eigenvalue weighted by Crippen LogP contribution is 2.29. The second-order valence-electron chi connectivity index (χ2n) is 8.23. The molecule has 10 heteroatoms. The zero-order valence-corrected chi connectivity index (χ0v) is 21.3. The Balaban J connectivity index is 1.43. The number of aromatic nitrogens is 2. The lowest BCUT2D eigenvalue weighted by Gasteiger charge is -2.28. The third-order valence-corrected chi connectivity index (χ3v) is 6.74. The van der Waals surface area contributed by atoms with E-state index in [4.69, 9.17) is 32.7 Å². The van der Waals surface area contributed by atoms with Crippen molar-refractivity contribution in [2.75, 3.05) is 34.4 Å². The van der Waals surface area contributed by atoms with E-state index in [1.54, 1.807) is 60.0 Å². The normalized spacial score (nSPS) is 12.9. The molecule has 0 N–H and O–H groups in total. The zero-order valence-electron chi connectivity index (χ0n) is 19.8. The third-order valence-electron chi connectivity index (χ3n) is 6.03. The summed E-state index contributed by atoms with van der Waals surface area (Å²) in [5.41, 5.74) is 2.32. The van der Waals surface area contributed by atoms with Crippen LogP contribution < -0.4 is 9.47 Å². The second-order valence-corrected chi connectivity index (χ2v) is 9.05. The lowest BCUT2D eigenvalue weighted by molar-refractivity contribution is 0.0682. The SMILES string of the molecule is COc1ccc(CCN(C)C(=O)c2cc3n(n2)CCN(Cc2c(Cl)cccc2Cl)C3=O)cc1OC. The minimum absolute atomic E-state index is 0.216. The van der Waals surface area contributed by atoms with E-state index in [0.717, 1.165) is 5.56 Å². The standard InChI is InChI=1S/C25H26Cl2N4O4/c1-29(10-9-16-7-8-22(34-2)23(13-16)35-3)24(32)20-14-21-25(33)30(11-12-31(21)28-20)15-17-18(26)5-4-6-19(17)27/h4-8,13-14H,9-12,15H2,1-3H3. The average molecular weight is 517 g/mol. The number of fused-ring (bicyclic) bond motifs is 1. The Labute approximate surface area is 213 Å². The van der Waals surface area contributed by atoms with E-state index < -0.39 is 0 Å². The molecular weight excluding hydrogens is 491 g/mol.